The number of hydrogen-bond acceptors (Lipinski definition) is 5. The quantitative estimate of drug-likeness (QED) is 0.753. The van der Waals surface area contributed by atoms with Crippen molar-refractivity contribution in [1.29, 1.82) is 0 Å². The van der Waals surface area contributed by atoms with Crippen molar-refractivity contribution < 1.29 is 28.0 Å². The minimum Gasteiger partial charge on any atom is -0.369 e. The molecule has 0 radical (unpaired) electrons. The summed E-state index contributed by atoms with van der Waals surface area (Å²) in [6, 6.07) is 0. The number of phosphoric ester groups is 1. The predicted octanol–water partition coefficient (Wildman–Crippen LogP) is 3.03. The lowest BCUT2D eigenvalue weighted by Crippen LogP contribution is -2.45. The van der Waals surface area contributed by atoms with Crippen LogP contribution in [0.1, 0.15) is 53.9 Å². The third-order valence-corrected chi connectivity index (χ3v) is 5.99. The molecule has 2 aliphatic carbocycles. The molecule has 1 aliphatic heterocycles. The van der Waals surface area contributed by atoms with E-state index in [2.05, 4.69) is 0 Å². The maximum atomic E-state index is 12.3. The van der Waals surface area contributed by atoms with E-state index in [-0.39, 0.29) is 30.0 Å². The largest absolute Gasteiger partial charge is 0.473 e. The summed E-state index contributed by atoms with van der Waals surface area (Å²) < 4.78 is 35.3. The van der Waals surface area contributed by atoms with E-state index >= 15 is 0 Å². The molecular weight excluding hydrogens is 307 g/mol. The first-order valence-corrected chi connectivity index (χ1v) is 9.63. The fourth-order valence-corrected chi connectivity index (χ4v) is 5.62. The van der Waals surface area contributed by atoms with Crippen LogP contribution >= 0.6 is 7.82 Å². The zero-order chi connectivity index (χ0) is 16.3. The monoisotopic (exact) mass is 334 g/mol. The van der Waals surface area contributed by atoms with Gasteiger partial charge in [0.05, 0.1) is 18.3 Å². The Balaban J connectivity index is 1.82. The van der Waals surface area contributed by atoms with Crippen LogP contribution in [0.2, 0.25) is 0 Å². The molecule has 1 heterocycles. The third kappa shape index (κ3) is 2.79. The highest BCUT2D eigenvalue weighted by Crippen LogP contribution is 2.70. The second kappa shape index (κ2) is 5.27. The highest BCUT2D eigenvalue weighted by Gasteiger charge is 2.78. The molecule has 6 atom stereocenters. The molecule has 0 aromatic heterocycles. The summed E-state index contributed by atoms with van der Waals surface area (Å²) >= 11 is 0. The van der Waals surface area contributed by atoms with E-state index in [1.807, 2.05) is 20.8 Å². The van der Waals surface area contributed by atoms with Crippen molar-refractivity contribution in [1.82, 2.24) is 0 Å². The molecule has 3 aliphatic rings. The molecule has 0 spiro atoms. The van der Waals surface area contributed by atoms with E-state index in [1.54, 1.807) is 13.8 Å². The second-order valence-corrected chi connectivity index (χ2v) is 8.87. The molecule has 4 unspecified atom stereocenters. The van der Waals surface area contributed by atoms with Gasteiger partial charge < -0.3 is 14.4 Å². The van der Waals surface area contributed by atoms with E-state index in [1.165, 1.54) is 0 Å². The van der Waals surface area contributed by atoms with E-state index in [4.69, 9.17) is 18.5 Å². The SMILES string of the molecule is CC(C)O[C@]12CC1CC1(OP(=O)(O)OC(C)C)C[C@H](C)OC12. The van der Waals surface area contributed by atoms with Crippen molar-refractivity contribution in [2.45, 2.75) is 89.5 Å². The van der Waals surface area contributed by atoms with Crippen molar-refractivity contribution in [2.75, 3.05) is 0 Å². The van der Waals surface area contributed by atoms with Gasteiger partial charge in [-0.1, -0.05) is 0 Å². The van der Waals surface area contributed by atoms with Gasteiger partial charge in [0, 0.05) is 6.42 Å². The average Bonchev–Trinajstić information content (AvgIpc) is 2.73. The lowest BCUT2D eigenvalue weighted by Gasteiger charge is -2.34. The standard InChI is InChI=1S/C15H27O6P/c1-9(2)19-15-8-12(15)7-14(6-11(5)18-13(14)15)21-22(16,17)20-10(3)4/h9-13H,6-8H2,1-5H3,(H,16,17)/t11-,12?,13?,14?,15+/m0/s1. The van der Waals surface area contributed by atoms with Crippen LogP contribution in [0, 0.1) is 5.92 Å². The third-order valence-electron chi connectivity index (χ3n) is 4.71. The number of hydrogen-bond donors (Lipinski definition) is 1. The molecule has 6 nitrogen and oxygen atoms in total. The Morgan fingerprint density at radius 1 is 1.18 bits per heavy atom. The van der Waals surface area contributed by atoms with Crippen molar-refractivity contribution in [3.63, 3.8) is 0 Å². The molecule has 0 aromatic carbocycles. The molecule has 0 aromatic rings. The molecule has 22 heavy (non-hydrogen) atoms. The maximum Gasteiger partial charge on any atom is 0.473 e. The molecule has 3 fully saturated rings. The van der Waals surface area contributed by atoms with Gasteiger partial charge in [0.1, 0.15) is 17.3 Å². The molecule has 0 bridgehead atoms. The highest BCUT2D eigenvalue weighted by atomic mass is 31.2. The van der Waals surface area contributed by atoms with E-state index in [0.29, 0.717) is 18.8 Å². The van der Waals surface area contributed by atoms with E-state index in [9.17, 15) is 9.46 Å². The van der Waals surface area contributed by atoms with E-state index in [0.717, 1.165) is 6.42 Å². The summed E-state index contributed by atoms with van der Waals surface area (Å²) in [5.41, 5.74) is -1.12. The zero-order valence-corrected chi connectivity index (χ0v) is 14.8. The van der Waals surface area contributed by atoms with Crippen molar-refractivity contribution in [3.05, 3.63) is 0 Å². The molecule has 1 saturated heterocycles. The van der Waals surface area contributed by atoms with E-state index < -0.39 is 13.4 Å². The lowest BCUT2D eigenvalue weighted by atomic mass is 9.91. The Morgan fingerprint density at radius 2 is 1.86 bits per heavy atom. The van der Waals surface area contributed by atoms with Crippen molar-refractivity contribution >= 4 is 7.82 Å². The fourth-order valence-electron chi connectivity index (χ4n) is 4.34. The van der Waals surface area contributed by atoms with Crippen LogP contribution in [0.25, 0.3) is 0 Å². The predicted molar refractivity (Wildman–Crippen MR) is 80.5 cm³/mol. The molecule has 1 N–H and O–H groups in total. The highest BCUT2D eigenvalue weighted by molar-refractivity contribution is 7.47. The van der Waals surface area contributed by atoms with Gasteiger partial charge in [0.25, 0.3) is 0 Å². The Kier molecular flexibility index (Phi) is 4.04. The van der Waals surface area contributed by atoms with Gasteiger partial charge in [-0.3, -0.25) is 9.05 Å². The van der Waals surface area contributed by atoms with Crippen LogP contribution in [0.15, 0.2) is 0 Å². The minimum atomic E-state index is -4.11. The number of fused-ring (bicyclic) bond motifs is 3. The van der Waals surface area contributed by atoms with Crippen LogP contribution in [0.5, 0.6) is 0 Å². The molecule has 7 heteroatoms. The summed E-state index contributed by atoms with van der Waals surface area (Å²) in [5, 5.41) is 0. The summed E-state index contributed by atoms with van der Waals surface area (Å²) in [6.45, 7) is 9.40. The van der Waals surface area contributed by atoms with Gasteiger partial charge in [0.2, 0.25) is 0 Å². The first-order valence-electron chi connectivity index (χ1n) is 8.14. The number of ether oxygens (including phenoxy) is 2. The van der Waals surface area contributed by atoms with Crippen LogP contribution in [-0.4, -0.2) is 40.5 Å². The molecule has 128 valence electrons. The topological polar surface area (TPSA) is 74.2 Å². The number of phosphoric acid groups is 1. The molecule has 3 rings (SSSR count). The summed E-state index contributed by atoms with van der Waals surface area (Å²) in [4.78, 5) is 10.1. The van der Waals surface area contributed by atoms with Crippen molar-refractivity contribution in [3.8, 4) is 0 Å². The van der Waals surface area contributed by atoms with Gasteiger partial charge in [0.15, 0.2) is 0 Å². The van der Waals surface area contributed by atoms with Crippen LogP contribution < -0.4 is 0 Å². The van der Waals surface area contributed by atoms with Gasteiger partial charge in [-0.05, 0) is 53.4 Å². The fraction of sp³-hybridized carbons (Fsp3) is 1.00. The first kappa shape index (κ1) is 16.9. The summed E-state index contributed by atoms with van der Waals surface area (Å²) in [5.74, 6) is 0.339. The van der Waals surface area contributed by atoms with Crippen LogP contribution in [0.4, 0.5) is 0 Å². The van der Waals surface area contributed by atoms with Crippen LogP contribution in [0.3, 0.4) is 0 Å². The van der Waals surface area contributed by atoms with Crippen molar-refractivity contribution in [2.24, 2.45) is 5.92 Å². The average molecular weight is 334 g/mol. The Bertz CT molecular complexity index is 494. The van der Waals surface area contributed by atoms with Gasteiger partial charge in [-0.25, -0.2) is 4.57 Å². The Morgan fingerprint density at radius 3 is 2.45 bits per heavy atom. The van der Waals surface area contributed by atoms with Gasteiger partial charge >= 0.3 is 7.82 Å². The first-order chi connectivity index (χ1) is 10.1. The maximum absolute atomic E-state index is 12.3. The Labute approximate surface area is 132 Å². The summed E-state index contributed by atoms with van der Waals surface area (Å²) in [6.07, 6.45) is 1.64. The number of rotatable bonds is 6. The normalized spacial score (nSPS) is 45.9. The molecule has 0 amide bonds. The zero-order valence-electron chi connectivity index (χ0n) is 13.9. The lowest BCUT2D eigenvalue weighted by molar-refractivity contribution is -0.132. The summed E-state index contributed by atoms with van der Waals surface area (Å²) in [7, 11) is -4.11. The second-order valence-electron chi connectivity index (χ2n) is 7.54. The van der Waals surface area contributed by atoms with Crippen LogP contribution in [-0.2, 0) is 23.1 Å². The molecular formula is C15H27O6P. The Hall–Kier alpha value is 0.0300. The van der Waals surface area contributed by atoms with Gasteiger partial charge in [-0.2, -0.15) is 0 Å². The van der Waals surface area contributed by atoms with Gasteiger partial charge in [-0.15, -0.1) is 0 Å². The molecule has 2 saturated carbocycles. The minimum absolute atomic E-state index is 0.0155. The smallest absolute Gasteiger partial charge is 0.369 e.